The lowest BCUT2D eigenvalue weighted by molar-refractivity contribution is -0.128. The molecule has 0 spiro atoms. The molecule has 88 valence electrons. The summed E-state index contributed by atoms with van der Waals surface area (Å²) in [5, 5.41) is 3.59. The molecule has 0 heterocycles. The van der Waals surface area contributed by atoms with Gasteiger partial charge in [0.2, 0.25) is 0 Å². The van der Waals surface area contributed by atoms with Crippen LogP contribution in [0.2, 0.25) is 0 Å². The van der Waals surface area contributed by atoms with E-state index in [1.54, 1.807) is 0 Å². The average Bonchev–Trinajstić information content (AvgIpc) is 2.52. The Labute approximate surface area is 92.6 Å². The van der Waals surface area contributed by atoms with Gasteiger partial charge in [0.25, 0.3) is 6.47 Å². The predicted octanol–water partition coefficient (Wildman–Crippen LogP) is 2.25. The van der Waals surface area contributed by atoms with E-state index in [1.807, 2.05) is 0 Å². The molecular formula is C12H23NO2. The third kappa shape index (κ3) is 6.50. The Morgan fingerprint density at radius 3 is 2.53 bits per heavy atom. The monoisotopic (exact) mass is 213 g/mol. The van der Waals surface area contributed by atoms with Crippen LogP contribution in [0.4, 0.5) is 0 Å². The lowest BCUT2D eigenvalue weighted by Gasteiger charge is -2.15. The minimum absolute atomic E-state index is 0.527. The Hall–Kier alpha value is -0.570. The van der Waals surface area contributed by atoms with Gasteiger partial charge in [-0.05, 0) is 32.2 Å². The van der Waals surface area contributed by atoms with Gasteiger partial charge in [-0.1, -0.05) is 25.7 Å². The van der Waals surface area contributed by atoms with Crippen LogP contribution in [-0.2, 0) is 9.53 Å². The van der Waals surface area contributed by atoms with Gasteiger partial charge < -0.3 is 10.1 Å². The van der Waals surface area contributed by atoms with E-state index >= 15 is 0 Å². The molecule has 0 aromatic carbocycles. The van der Waals surface area contributed by atoms with Crippen LogP contribution in [0.5, 0.6) is 0 Å². The van der Waals surface area contributed by atoms with Gasteiger partial charge in [-0.2, -0.15) is 0 Å². The third-order valence-corrected chi connectivity index (χ3v) is 3.05. The highest BCUT2D eigenvalue weighted by molar-refractivity contribution is 5.36. The van der Waals surface area contributed by atoms with Crippen LogP contribution in [0, 0.1) is 0 Å². The van der Waals surface area contributed by atoms with Crippen molar-refractivity contribution in [2.75, 3.05) is 13.2 Å². The van der Waals surface area contributed by atoms with E-state index < -0.39 is 0 Å². The van der Waals surface area contributed by atoms with Crippen molar-refractivity contribution in [1.29, 1.82) is 0 Å². The molecule has 0 radical (unpaired) electrons. The third-order valence-electron chi connectivity index (χ3n) is 3.05. The second kappa shape index (κ2) is 8.72. The topological polar surface area (TPSA) is 38.3 Å². The Morgan fingerprint density at radius 1 is 1.13 bits per heavy atom. The number of hydrogen-bond donors (Lipinski definition) is 1. The first-order valence-corrected chi connectivity index (χ1v) is 6.22. The molecule has 3 nitrogen and oxygen atoms in total. The molecule has 0 aromatic heterocycles. The summed E-state index contributed by atoms with van der Waals surface area (Å²) in [4.78, 5) is 9.89. The van der Waals surface area contributed by atoms with Crippen molar-refractivity contribution in [3.63, 3.8) is 0 Å². The number of carbonyl (C=O) groups is 1. The second-order valence-corrected chi connectivity index (χ2v) is 4.32. The van der Waals surface area contributed by atoms with E-state index in [-0.39, 0.29) is 0 Å². The molecule has 0 bridgehead atoms. The number of carbonyl (C=O) groups excluding carboxylic acids is 1. The van der Waals surface area contributed by atoms with Crippen molar-refractivity contribution >= 4 is 6.47 Å². The van der Waals surface area contributed by atoms with Gasteiger partial charge >= 0.3 is 0 Å². The summed E-state index contributed by atoms with van der Waals surface area (Å²) in [6.45, 7) is 2.15. The van der Waals surface area contributed by atoms with Gasteiger partial charge in [-0.25, -0.2) is 0 Å². The van der Waals surface area contributed by atoms with Gasteiger partial charge in [0.1, 0.15) is 0 Å². The molecule has 1 fully saturated rings. The zero-order valence-electron chi connectivity index (χ0n) is 9.54. The first-order chi connectivity index (χ1) is 7.43. The maximum absolute atomic E-state index is 9.89. The number of ether oxygens (including phenoxy) is 1. The zero-order valence-corrected chi connectivity index (χ0v) is 9.54. The molecule has 1 aliphatic carbocycles. The van der Waals surface area contributed by atoms with Crippen LogP contribution in [0.15, 0.2) is 0 Å². The van der Waals surface area contributed by atoms with Gasteiger partial charge in [0.05, 0.1) is 6.61 Å². The van der Waals surface area contributed by atoms with Crippen LogP contribution in [0.1, 0.15) is 51.4 Å². The van der Waals surface area contributed by atoms with Crippen LogP contribution < -0.4 is 5.32 Å². The molecule has 0 saturated heterocycles. The smallest absolute Gasteiger partial charge is 0.293 e. The summed E-state index contributed by atoms with van der Waals surface area (Å²) in [6.07, 6.45) is 10.3. The molecule has 1 rings (SSSR count). The maximum Gasteiger partial charge on any atom is 0.293 e. The highest BCUT2D eigenvalue weighted by Crippen LogP contribution is 2.16. The van der Waals surface area contributed by atoms with Crippen LogP contribution in [-0.4, -0.2) is 25.7 Å². The molecule has 15 heavy (non-hydrogen) atoms. The van der Waals surface area contributed by atoms with Gasteiger partial charge in [-0.15, -0.1) is 0 Å². The van der Waals surface area contributed by atoms with E-state index in [4.69, 9.17) is 0 Å². The van der Waals surface area contributed by atoms with E-state index in [1.165, 1.54) is 38.5 Å². The summed E-state index contributed by atoms with van der Waals surface area (Å²) in [6, 6.07) is 0.736. The molecule has 1 saturated carbocycles. The molecule has 0 atom stereocenters. The summed E-state index contributed by atoms with van der Waals surface area (Å²) < 4.78 is 4.64. The molecule has 0 aromatic rings. The zero-order chi connectivity index (χ0) is 10.8. The second-order valence-electron chi connectivity index (χ2n) is 4.32. The van der Waals surface area contributed by atoms with Crippen LogP contribution in [0.3, 0.4) is 0 Å². The molecule has 3 heteroatoms. The highest BCUT2D eigenvalue weighted by Gasteiger charge is 2.10. The van der Waals surface area contributed by atoms with Gasteiger partial charge in [-0.3, -0.25) is 4.79 Å². The van der Waals surface area contributed by atoms with E-state index in [0.717, 1.165) is 25.4 Å². The SMILES string of the molecule is O=COCCCCNC1CCCCCC1. The molecule has 1 aliphatic rings. The predicted molar refractivity (Wildman–Crippen MR) is 60.7 cm³/mol. The van der Waals surface area contributed by atoms with Crippen molar-refractivity contribution in [1.82, 2.24) is 5.32 Å². The fourth-order valence-corrected chi connectivity index (χ4v) is 2.15. The summed E-state index contributed by atoms with van der Waals surface area (Å²) in [5.41, 5.74) is 0. The van der Waals surface area contributed by atoms with Crippen molar-refractivity contribution < 1.29 is 9.53 Å². The number of nitrogens with one attached hydrogen (secondary N) is 1. The van der Waals surface area contributed by atoms with E-state index in [9.17, 15) is 4.79 Å². The first kappa shape index (κ1) is 12.5. The minimum Gasteiger partial charge on any atom is -0.468 e. The molecular weight excluding hydrogens is 190 g/mol. The number of unbranched alkanes of at least 4 members (excludes halogenated alkanes) is 1. The van der Waals surface area contributed by atoms with Crippen molar-refractivity contribution in [2.45, 2.75) is 57.4 Å². The highest BCUT2D eigenvalue weighted by atomic mass is 16.5. The molecule has 0 unspecified atom stereocenters. The lowest BCUT2D eigenvalue weighted by Crippen LogP contribution is -2.29. The molecule has 0 aliphatic heterocycles. The van der Waals surface area contributed by atoms with Gasteiger partial charge in [0.15, 0.2) is 0 Å². The largest absolute Gasteiger partial charge is 0.468 e. The number of hydrogen-bond acceptors (Lipinski definition) is 3. The Morgan fingerprint density at radius 2 is 1.87 bits per heavy atom. The van der Waals surface area contributed by atoms with Gasteiger partial charge in [0, 0.05) is 6.04 Å². The van der Waals surface area contributed by atoms with Crippen LogP contribution >= 0.6 is 0 Å². The summed E-state index contributed by atoms with van der Waals surface area (Å²) in [5.74, 6) is 0. The standard InChI is InChI=1S/C12H23NO2/c14-11-15-10-6-5-9-13-12-7-3-1-2-4-8-12/h11-13H,1-10H2. The van der Waals surface area contributed by atoms with Crippen molar-refractivity contribution in [3.8, 4) is 0 Å². The maximum atomic E-state index is 9.89. The average molecular weight is 213 g/mol. The summed E-state index contributed by atoms with van der Waals surface area (Å²) in [7, 11) is 0. The van der Waals surface area contributed by atoms with E-state index in [2.05, 4.69) is 10.1 Å². The fourth-order valence-electron chi connectivity index (χ4n) is 2.15. The van der Waals surface area contributed by atoms with E-state index in [0.29, 0.717) is 13.1 Å². The summed E-state index contributed by atoms with van der Waals surface area (Å²) >= 11 is 0. The molecule has 1 N–H and O–H groups in total. The van der Waals surface area contributed by atoms with Crippen molar-refractivity contribution in [2.24, 2.45) is 0 Å². The molecule has 0 amide bonds. The van der Waals surface area contributed by atoms with Crippen molar-refractivity contribution in [3.05, 3.63) is 0 Å². The normalized spacial score (nSPS) is 18.4. The minimum atomic E-state index is 0.527. The lowest BCUT2D eigenvalue weighted by atomic mass is 10.1. The van der Waals surface area contributed by atoms with Crippen LogP contribution in [0.25, 0.3) is 0 Å². The quantitative estimate of drug-likeness (QED) is 0.400. The Kier molecular flexibility index (Phi) is 7.26. The number of rotatable bonds is 7. The first-order valence-electron chi connectivity index (χ1n) is 6.22. The Bertz CT molecular complexity index is 154. The fraction of sp³-hybridized carbons (Fsp3) is 0.917. The Balaban J connectivity index is 1.91.